The molecule has 0 saturated heterocycles. The fourth-order valence-electron chi connectivity index (χ4n) is 1.23. The first kappa shape index (κ1) is 11.6. The van der Waals surface area contributed by atoms with E-state index in [1.165, 1.54) is 12.3 Å². The second kappa shape index (κ2) is 5.41. The zero-order chi connectivity index (χ0) is 11.3. The molecule has 0 aromatic carbocycles. The fourth-order valence-corrected chi connectivity index (χ4v) is 1.23. The third-order valence-electron chi connectivity index (χ3n) is 2.02. The Morgan fingerprint density at radius 2 is 2.33 bits per heavy atom. The van der Waals surface area contributed by atoms with Crippen molar-refractivity contribution in [1.82, 2.24) is 10.3 Å². The highest BCUT2D eigenvalue weighted by Gasteiger charge is 2.17. The monoisotopic (exact) mass is 207 g/mol. The molecule has 0 bridgehead atoms. The minimum atomic E-state index is -1.01. The molecule has 0 saturated carbocycles. The van der Waals surface area contributed by atoms with E-state index in [2.05, 4.69) is 10.3 Å². The highest BCUT2D eigenvalue weighted by atomic mass is 16.3. The van der Waals surface area contributed by atoms with E-state index in [1.54, 1.807) is 13.1 Å². The van der Waals surface area contributed by atoms with Gasteiger partial charge in [0, 0.05) is 12.7 Å². The van der Waals surface area contributed by atoms with Gasteiger partial charge in [-0.1, -0.05) is 0 Å². The van der Waals surface area contributed by atoms with Crippen molar-refractivity contribution in [3.63, 3.8) is 0 Å². The van der Waals surface area contributed by atoms with E-state index in [0.717, 1.165) is 0 Å². The molecule has 2 unspecified atom stereocenters. The highest BCUT2D eigenvalue weighted by Crippen LogP contribution is 2.16. The quantitative estimate of drug-likeness (QED) is 0.623. The third kappa shape index (κ3) is 2.99. The molecule has 15 heavy (non-hydrogen) atoms. The molecule has 0 aliphatic carbocycles. The second-order valence-electron chi connectivity index (χ2n) is 3.16. The summed E-state index contributed by atoms with van der Waals surface area (Å²) in [6, 6.07) is 4.91. The Labute approximate surface area is 88.0 Å². The Balaban J connectivity index is 2.82. The summed E-state index contributed by atoms with van der Waals surface area (Å²) >= 11 is 0. The van der Waals surface area contributed by atoms with Gasteiger partial charge in [-0.25, -0.2) is 4.98 Å². The first-order valence-corrected chi connectivity index (χ1v) is 4.55. The predicted octanol–water partition coefficient (Wildman–Crippen LogP) is -0.433. The van der Waals surface area contributed by atoms with Crippen molar-refractivity contribution in [3.05, 3.63) is 29.6 Å². The van der Waals surface area contributed by atoms with Crippen molar-refractivity contribution in [3.8, 4) is 6.07 Å². The van der Waals surface area contributed by atoms with Crippen LogP contribution in [0.3, 0.4) is 0 Å². The molecule has 1 rings (SSSR count). The van der Waals surface area contributed by atoms with E-state index in [-0.39, 0.29) is 12.2 Å². The molecule has 1 aromatic heterocycles. The van der Waals surface area contributed by atoms with E-state index in [9.17, 15) is 10.2 Å². The van der Waals surface area contributed by atoms with Crippen LogP contribution in [0.4, 0.5) is 0 Å². The summed E-state index contributed by atoms with van der Waals surface area (Å²) in [5.74, 6) is 0. The van der Waals surface area contributed by atoms with Gasteiger partial charge < -0.3 is 15.5 Å². The van der Waals surface area contributed by atoms with E-state index in [1.807, 2.05) is 6.07 Å². The van der Waals surface area contributed by atoms with E-state index in [0.29, 0.717) is 5.56 Å². The Morgan fingerprint density at radius 1 is 1.60 bits per heavy atom. The standard InChI is InChI=1S/C10H13N3O2/c1-12-6-9(14)10(15)7-2-3-13-8(4-7)5-11/h2-4,9-10,12,14-15H,6H2,1H3. The summed E-state index contributed by atoms with van der Waals surface area (Å²) < 4.78 is 0. The number of likely N-dealkylation sites (N-methyl/N-ethyl adjacent to an activating group) is 1. The Morgan fingerprint density at radius 3 is 2.93 bits per heavy atom. The van der Waals surface area contributed by atoms with E-state index >= 15 is 0 Å². The molecule has 0 amide bonds. The zero-order valence-corrected chi connectivity index (χ0v) is 8.38. The van der Waals surface area contributed by atoms with Gasteiger partial charge >= 0.3 is 0 Å². The summed E-state index contributed by atoms with van der Waals surface area (Å²) in [4.78, 5) is 3.78. The summed E-state index contributed by atoms with van der Waals surface area (Å²) in [7, 11) is 1.68. The summed E-state index contributed by atoms with van der Waals surface area (Å²) in [5, 5.41) is 30.6. The molecule has 2 atom stereocenters. The molecule has 80 valence electrons. The molecular weight excluding hydrogens is 194 g/mol. The van der Waals surface area contributed by atoms with Crippen LogP contribution in [0, 0.1) is 11.3 Å². The van der Waals surface area contributed by atoms with Gasteiger partial charge in [-0.2, -0.15) is 5.26 Å². The number of aliphatic hydroxyl groups excluding tert-OH is 2. The Bertz CT molecular complexity index is 362. The van der Waals surface area contributed by atoms with Gasteiger partial charge in [0.15, 0.2) is 0 Å². The molecule has 1 aromatic rings. The predicted molar refractivity (Wildman–Crippen MR) is 53.8 cm³/mol. The van der Waals surface area contributed by atoms with Gasteiger partial charge in [-0.05, 0) is 24.7 Å². The van der Waals surface area contributed by atoms with Crippen LogP contribution >= 0.6 is 0 Å². The molecule has 1 heterocycles. The van der Waals surface area contributed by atoms with Crippen LogP contribution in [0.5, 0.6) is 0 Å². The molecule has 0 spiro atoms. The normalized spacial score (nSPS) is 14.3. The number of nitrogens with zero attached hydrogens (tertiary/aromatic N) is 2. The van der Waals surface area contributed by atoms with Gasteiger partial charge in [0.1, 0.15) is 17.9 Å². The molecule has 5 nitrogen and oxygen atoms in total. The SMILES string of the molecule is CNCC(O)C(O)c1ccnc(C#N)c1. The minimum Gasteiger partial charge on any atom is -0.389 e. The van der Waals surface area contributed by atoms with Crippen molar-refractivity contribution >= 4 is 0 Å². The number of pyridine rings is 1. The largest absolute Gasteiger partial charge is 0.389 e. The molecule has 3 N–H and O–H groups in total. The van der Waals surface area contributed by atoms with Crippen LogP contribution in [-0.4, -0.2) is 34.9 Å². The second-order valence-corrected chi connectivity index (χ2v) is 3.16. The number of nitrogens with one attached hydrogen (secondary N) is 1. The Hall–Kier alpha value is -1.48. The zero-order valence-electron chi connectivity index (χ0n) is 8.38. The average molecular weight is 207 g/mol. The van der Waals surface area contributed by atoms with Crippen LogP contribution in [0.15, 0.2) is 18.3 Å². The minimum absolute atomic E-state index is 0.225. The van der Waals surface area contributed by atoms with Crippen LogP contribution in [0.25, 0.3) is 0 Å². The number of hydrogen-bond acceptors (Lipinski definition) is 5. The maximum absolute atomic E-state index is 9.71. The number of nitriles is 1. The molecular formula is C10H13N3O2. The van der Waals surface area contributed by atoms with Gasteiger partial charge in [0.05, 0.1) is 6.10 Å². The van der Waals surface area contributed by atoms with Crippen molar-refractivity contribution in [2.75, 3.05) is 13.6 Å². The number of aromatic nitrogens is 1. The average Bonchev–Trinajstić information content (AvgIpc) is 2.28. The van der Waals surface area contributed by atoms with Crippen LogP contribution < -0.4 is 5.32 Å². The topological polar surface area (TPSA) is 89.2 Å². The lowest BCUT2D eigenvalue weighted by Gasteiger charge is -2.17. The molecule has 0 fully saturated rings. The first-order valence-electron chi connectivity index (χ1n) is 4.55. The van der Waals surface area contributed by atoms with Crippen molar-refractivity contribution in [2.24, 2.45) is 0 Å². The van der Waals surface area contributed by atoms with Crippen LogP contribution in [0.1, 0.15) is 17.4 Å². The number of hydrogen-bond donors (Lipinski definition) is 3. The summed E-state index contributed by atoms with van der Waals surface area (Å²) in [6.45, 7) is 0.283. The molecule has 0 aliphatic rings. The maximum Gasteiger partial charge on any atom is 0.140 e. The van der Waals surface area contributed by atoms with Crippen molar-refractivity contribution in [1.29, 1.82) is 5.26 Å². The lowest BCUT2D eigenvalue weighted by atomic mass is 10.1. The molecule has 0 aliphatic heterocycles. The maximum atomic E-state index is 9.71. The number of aliphatic hydroxyl groups is 2. The van der Waals surface area contributed by atoms with Crippen LogP contribution in [-0.2, 0) is 0 Å². The van der Waals surface area contributed by atoms with E-state index in [4.69, 9.17) is 5.26 Å². The highest BCUT2D eigenvalue weighted by molar-refractivity contribution is 5.27. The van der Waals surface area contributed by atoms with Gasteiger partial charge in [0.2, 0.25) is 0 Å². The first-order chi connectivity index (χ1) is 7.19. The van der Waals surface area contributed by atoms with E-state index < -0.39 is 12.2 Å². The van der Waals surface area contributed by atoms with Crippen LogP contribution in [0.2, 0.25) is 0 Å². The lowest BCUT2D eigenvalue weighted by molar-refractivity contribution is 0.0202. The fraction of sp³-hybridized carbons (Fsp3) is 0.400. The lowest BCUT2D eigenvalue weighted by Crippen LogP contribution is -2.29. The van der Waals surface area contributed by atoms with Crippen molar-refractivity contribution < 1.29 is 10.2 Å². The molecule has 0 radical (unpaired) electrons. The third-order valence-corrected chi connectivity index (χ3v) is 2.02. The number of rotatable bonds is 4. The van der Waals surface area contributed by atoms with Gasteiger partial charge in [-0.15, -0.1) is 0 Å². The summed E-state index contributed by atoms with van der Waals surface area (Å²) in [5.41, 5.74) is 0.715. The molecule has 5 heteroatoms. The van der Waals surface area contributed by atoms with Crippen molar-refractivity contribution in [2.45, 2.75) is 12.2 Å². The Kier molecular flexibility index (Phi) is 4.18. The summed E-state index contributed by atoms with van der Waals surface area (Å²) in [6.07, 6.45) is -0.472. The van der Waals surface area contributed by atoms with Gasteiger partial charge in [-0.3, -0.25) is 0 Å². The smallest absolute Gasteiger partial charge is 0.140 e. The van der Waals surface area contributed by atoms with Gasteiger partial charge in [0.25, 0.3) is 0 Å².